The zero-order valence-electron chi connectivity index (χ0n) is 19.1. The largest absolute Gasteiger partial charge is 0.460 e. The lowest BCUT2D eigenvalue weighted by Crippen LogP contribution is -2.33. The van der Waals surface area contributed by atoms with Crippen LogP contribution in [0.4, 0.5) is 5.69 Å². The summed E-state index contributed by atoms with van der Waals surface area (Å²) in [6.45, 7) is 7.17. The molecule has 1 heterocycles. The second kappa shape index (κ2) is 10.6. The van der Waals surface area contributed by atoms with Gasteiger partial charge in [0.15, 0.2) is 0 Å². The molecule has 1 aromatic carbocycles. The van der Waals surface area contributed by atoms with Gasteiger partial charge in [0.25, 0.3) is 0 Å². The normalized spacial score (nSPS) is 16.7. The van der Waals surface area contributed by atoms with Crippen molar-refractivity contribution in [2.24, 2.45) is 0 Å². The summed E-state index contributed by atoms with van der Waals surface area (Å²) in [5, 5.41) is 3.07. The molecule has 10 heteroatoms. The second-order valence-electron chi connectivity index (χ2n) is 7.72. The van der Waals surface area contributed by atoms with Crippen LogP contribution >= 0.6 is 0 Å². The number of anilines is 1. The molecule has 0 aliphatic carbocycles. The van der Waals surface area contributed by atoms with E-state index in [1.165, 1.54) is 7.11 Å². The number of methoxy groups -OCH3 is 1. The number of ether oxygens (including phenoxy) is 3. The number of sulfonamides is 1. The van der Waals surface area contributed by atoms with Crippen molar-refractivity contribution in [2.75, 3.05) is 31.3 Å². The first-order valence-corrected chi connectivity index (χ1v) is 12.0. The molecule has 1 atom stereocenters. The summed E-state index contributed by atoms with van der Waals surface area (Å²) in [5.41, 5.74) is 2.39. The number of hydrogen-bond donors (Lipinski definition) is 2. The zero-order chi connectivity index (χ0) is 24.1. The number of dihydropyridines is 1. The van der Waals surface area contributed by atoms with Crippen molar-refractivity contribution >= 4 is 27.6 Å². The highest BCUT2D eigenvalue weighted by atomic mass is 32.2. The Kier molecular flexibility index (Phi) is 8.45. The summed E-state index contributed by atoms with van der Waals surface area (Å²) < 4.78 is 41.6. The molecular weight excluding hydrogens is 436 g/mol. The Labute approximate surface area is 188 Å². The smallest absolute Gasteiger partial charge is 0.337 e. The van der Waals surface area contributed by atoms with Gasteiger partial charge in [0.05, 0.1) is 36.0 Å². The van der Waals surface area contributed by atoms with Crippen LogP contribution in [0.5, 0.6) is 0 Å². The summed E-state index contributed by atoms with van der Waals surface area (Å²) >= 11 is 0. The number of carbonyl (C=O) groups excluding carboxylic acids is 2. The minimum atomic E-state index is -3.52. The highest BCUT2D eigenvalue weighted by Crippen LogP contribution is 2.40. The summed E-state index contributed by atoms with van der Waals surface area (Å²) in [7, 11) is -2.02. The van der Waals surface area contributed by atoms with Crippen molar-refractivity contribution in [3.05, 3.63) is 52.4 Å². The fraction of sp³-hybridized carbons (Fsp3) is 0.455. The van der Waals surface area contributed by atoms with Gasteiger partial charge in [-0.05, 0) is 45.4 Å². The lowest BCUT2D eigenvalue weighted by atomic mass is 9.80. The number of benzene rings is 1. The maximum absolute atomic E-state index is 13.0. The standard InChI is InChI=1S/C22H30N2O7S/c1-13(2)31-22(26)19-15(4)23-14(3)18(21(25)30-11-10-29-5)20(19)16-8-7-9-17(12-16)24-32(6,27)28/h7-9,12-13,20,23-24H,10-11H2,1-6H3/t20-/m0/s1. The quantitative estimate of drug-likeness (QED) is 0.421. The molecule has 176 valence electrons. The highest BCUT2D eigenvalue weighted by Gasteiger charge is 2.38. The number of rotatable bonds is 9. The van der Waals surface area contributed by atoms with Crippen LogP contribution in [-0.4, -0.2) is 53.0 Å². The zero-order valence-corrected chi connectivity index (χ0v) is 20.0. The van der Waals surface area contributed by atoms with Crippen LogP contribution in [0, 0.1) is 0 Å². The van der Waals surface area contributed by atoms with Crippen molar-refractivity contribution in [3.63, 3.8) is 0 Å². The molecule has 2 N–H and O–H groups in total. The van der Waals surface area contributed by atoms with E-state index in [1.54, 1.807) is 52.0 Å². The molecule has 1 aliphatic rings. The van der Waals surface area contributed by atoms with E-state index in [9.17, 15) is 18.0 Å². The molecule has 0 unspecified atom stereocenters. The molecule has 0 aromatic heterocycles. The molecule has 0 radical (unpaired) electrons. The third-order valence-electron chi connectivity index (χ3n) is 4.59. The van der Waals surface area contributed by atoms with Gasteiger partial charge in [-0.2, -0.15) is 0 Å². The van der Waals surface area contributed by atoms with Gasteiger partial charge >= 0.3 is 11.9 Å². The van der Waals surface area contributed by atoms with E-state index < -0.39 is 27.9 Å². The predicted octanol–water partition coefficient (Wildman–Crippen LogP) is 2.43. The molecule has 32 heavy (non-hydrogen) atoms. The molecule has 2 rings (SSSR count). The summed E-state index contributed by atoms with van der Waals surface area (Å²) in [5.74, 6) is -2.01. The monoisotopic (exact) mass is 466 g/mol. The van der Waals surface area contributed by atoms with Crippen LogP contribution in [0.25, 0.3) is 0 Å². The fourth-order valence-corrected chi connectivity index (χ4v) is 3.99. The van der Waals surface area contributed by atoms with Crippen LogP contribution in [0.1, 0.15) is 39.2 Å². The van der Waals surface area contributed by atoms with E-state index in [1.807, 2.05) is 0 Å². The summed E-state index contributed by atoms with van der Waals surface area (Å²) in [6.07, 6.45) is 0.674. The number of nitrogens with one attached hydrogen (secondary N) is 2. The van der Waals surface area contributed by atoms with E-state index in [0.29, 0.717) is 22.6 Å². The topological polar surface area (TPSA) is 120 Å². The maximum Gasteiger partial charge on any atom is 0.337 e. The molecule has 9 nitrogen and oxygen atoms in total. The molecule has 0 amide bonds. The molecule has 0 spiro atoms. The van der Waals surface area contributed by atoms with Gasteiger partial charge in [-0.3, -0.25) is 4.72 Å². The SMILES string of the molecule is COCCOC(=O)C1=C(C)NC(C)=C(C(=O)OC(C)C)[C@H]1c1cccc(NS(C)(=O)=O)c1. The van der Waals surface area contributed by atoms with Crippen LogP contribution in [-0.2, 0) is 33.8 Å². The number of carbonyl (C=O) groups is 2. The first kappa shape index (κ1) is 25.4. The lowest BCUT2D eigenvalue weighted by molar-refractivity contribution is -0.143. The van der Waals surface area contributed by atoms with E-state index in [2.05, 4.69) is 10.0 Å². The van der Waals surface area contributed by atoms with Gasteiger partial charge in [-0.1, -0.05) is 12.1 Å². The second-order valence-corrected chi connectivity index (χ2v) is 9.47. The predicted molar refractivity (Wildman–Crippen MR) is 120 cm³/mol. The average molecular weight is 467 g/mol. The van der Waals surface area contributed by atoms with Crippen molar-refractivity contribution < 1.29 is 32.2 Å². The van der Waals surface area contributed by atoms with Gasteiger partial charge < -0.3 is 19.5 Å². The fourth-order valence-electron chi connectivity index (χ4n) is 3.44. The van der Waals surface area contributed by atoms with Crippen LogP contribution in [0.15, 0.2) is 46.8 Å². The van der Waals surface area contributed by atoms with Gasteiger partial charge in [0.2, 0.25) is 10.0 Å². The molecule has 1 aromatic rings. The Balaban J connectivity index is 2.61. The average Bonchev–Trinajstić information content (AvgIpc) is 2.65. The van der Waals surface area contributed by atoms with Gasteiger partial charge in [0, 0.05) is 24.2 Å². The third-order valence-corrected chi connectivity index (χ3v) is 5.19. The van der Waals surface area contributed by atoms with Gasteiger partial charge in [-0.25, -0.2) is 18.0 Å². The van der Waals surface area contributed by atoms with E-state index in [-0.39, 0.29) is 30.5 Å². The maximum atomic E-state index is 13.0. The van der Waals surface area contributed by atoms with E-state index in [0.717, 1.165) is 6.26 Å². The Morgan fingerprint density at radius 2 is 1.72 bits per heavy atom. The molecule has 0 saturated heterocycles. The van der Waals surface area contributed by atoms with E-state index in [4.69, 9.17) is 14.2 Å². The Bertz CT molecular complexity index is 1040. The summed E-state index contributed by atoms with van der Waals surface area (Å²) in [6, 6.07) is 6.54. The number of hydrogen-bond acceptors (Lipinski definition) is 8. The van der Waals surface area contributed by atoms with Crippen LogP contribution in [0.3, 0.4) is 0 Å². The van der Waals surface area contributed by atoms with Crippen LogP contribution in [0.2, 0.25) is 0 Å². The van der Waals surface area contributed by atoms with Gasteiger partial charge in [-0.15, -0.1) is 0 Å². The summed E-state index contributed by atoms with van der Waals surface area (Å²) in [4.78, 5) is 26.0. The highest BCUT2D eigenvalue weighted by molar-refractivity contribution is 7.92. The third kappa shape index (κ3) is 6.57. The Morgan fingerprint density at radius 1 is 1.09 bits per heavy atom. The molecular formula is C22H30N2O7S. The molecule has 0 fully saturated rings. The first-order valence-electron chi connectivity index (χ1n) is 10.1. The van der Waals surface area contributed by atoms with Crippen molar-refractivity contribution in [3.8, 4) is 0 Å². The molecule has 0 saturated carbocycles. The lowest BCUT2D eigenvalue weighted by Gasteiger charge is -2.31. The van der Waals surface area contributed by atoms with Crippen molar-refractivity contribution in [1.82, 2.24) is 5.32 Å². The van der Waals surface area contributed by atoms with Crippen LogP contribution < -0.4 is 10.0 Å². The minimum Gasteiger partial charge on any atom is -0.460 e. The van der Waals surface area contributed by atoms with E-state index >= 15 is 0 Å². The number of esters is 2. The van der Waals surface area contributed by atoms with Crippen molar-refractivity contribution in [2.45, 2.75) is 39.7 Å². The minimum absolute atomic E-state index is 0.0446. The van der Waals surface area contributed by atoms with Crippen molar-refractivity contribution in [1.29, 1.82) is 0 Å². The first-order chi connectivity index (χ1) is 14.9. The number of allylic oxidation sites excluding steroid dienone is 2. The van der Waals surface area contributed by atoms with Gasteiger partial charge in [0.1, 0.15) is 6.61 Å². The molecule has 0 bridgehead atoms. The Hall–Kier alpha value is -2.85. The molecule has 1 aliphatic heterocycles. The Morgan fingerprint density at radius 3 is 2.28 bits per heavy atom.